The fraction of sp³-hybridized carbons (Fsp3) is 0. The van der Waals surface area contributed by atoms with Crippen molar-refractivity contribution >= 4 is 50.8 Å². The van der Waals surface area contributed by atoms with Crippen LogP contribution in [0.25, 0.3) is 0 Å². The summed E-state index contributed by atoms with van der Waals surface area (Å²) in [4.78, 5) is 0. The summed E-state index contributed by atoms with van der Waals surface area (Å²) >= 11 is 9.73. The molecular weight excluding hydrogens is 267 g/mol. The van der Waals surface area contributed by atoms with Crippen LogP contribution in [0.2, 0.25) is 0 Å². The smallest absolute Gasteiger partial charge is 0.181 e. The molecule has 0 saturated heterocycles. The van der Waals surface area contributed by atoms with Crippen molar-refractivity contribution in [1.82, 2.24) is 0 Å². The molecule has 0 fully saturated rings. The third-order valence-corrected chi connectivity index (χ3v) is 0. The Labute approximate surface area is 51.8 Å². The van der Waals surface area contributed by atoms with Crippen LogP contribution in [0.1, 0.15) is 1.43 Å². The van der Waals surface area contributed by atoms with Gasteiger partial charge in [0.15, 0.2) is 0 Å². The third kappa shape index (κ3) is 9.02. The summed E-state index contributed by atoms with van der Waals surface area (Å²) in [6.45, 7) is 0. The molecule has 0 aliphatic carbocycles. The van der Waals surface area contributed by atoms with E-state index in [1.165, 1.54) is 0 Å². The minimum Gasteiger partial charge on any atom is -0.181 e. The molecule has 0 nitrogen and oxygen atoms in total. The molecule has 0 aliphatic rings. The van der Waals surface area contributed by atoms with E-state index in [0.29, 0.717) is 0 Å². The van der Waals surface area contributed by atoms with Gasteiger partial charge in [0.25, 0.3) is 0 Å². The van der Waals surface area contributed by atoms with Gasteiger partial charge in [0.1, 0.15) is 0 Å². The summed E-state index contributed by atoms with van der Waals surface area (Å²) in [5.74, 6) is 0. The van der Waals surface area contributed by atoms with Gasteiger partial charge >= 0.3 is 10.1 Å². The summed E-state index contributed by atoms with van der Waals surface area (Å²) in [6.07, 6.45) is 0. The van der Waals surface area contributed by atoms with Crippen LogP contribution in [-0.4, -0.2) is 8.67 Å². The van der Waals surface area contributed by atoms with E-state index in [4.69, 9.17) is 0 Å². The maximum atomic E-state index is 3.24. The first-order valence-electron chi connectivity index (χ1n) is 0.655. The molecule has 0 N–H and O–H groups in total. The molecule has 24 valence electrons. The van der Waals surface area contributed by atoms with Gasteiger partial charge in [-0.15, -0.1) is 0 Å². The van der Waals surface area contributed by atoms with Gasteiger partial charge in [0.05, 0.1) is 0 Å². The predicted octanol–water partition coefficient (Wildman–Crippen LogP) is 2.27. The lowest BCUT2D eigenvalue weighted by molar-refractivity contribution is 4.99. The zero-order valence-electron chi connectivity index (χ0n) is 2.71. The SMILES string of the molecule is [Br][Al]([Br])[Br].[H+]. The first-order valence-corrected chi connectivity index (χ1v) is 10.2. The van der Waals surface area contributed by atoms with Gasteiger partial charge in [-0.3, -0.25) is 0 Å². The molecule has 0 unspecified atom stereocenters. The Morgan fingerprint density at radius 1 is 1.25 bits per heavy atom. The third-order valence-electron chi connectivity index (χ3n) is 0. The Hall–Kier alpha value is 1.97. The van der Waals surface area contributed by atoms with Crippen LogP contribution in [0, 0.1) is 0 Å². The van der Waals surface area contributed by atoms with Gasteiger partial charge < -0.3 is 0 Å². The molecule has 0 heterocycles. The summed E-state index contributed by atoms with van der Waals surface area (Å²) in [5, 5.41) is 0. The maximum absolute atomic E-state index is 3.24. The van der Waals surface area contributed by atoms with Crippen molar-refractivity contribution < 1.29 is 1.43 Å². The van der Waals surface area contributed by atoms with E-state index in [1.807, 2.05) is 0 Å². The zero-order chi connectivity index (χ0) is 3.58. The second-order valence-electron chi connectivity index (χ2n) is 0.247. The number of rotatable bonds is 0. The Morgan fingerprint density at radius 2 is 1.25 bits per heavy atom. The van der Waals surface area contributed by atoms with Crippen LogP contribution >= 0.6 is 42.2 Å². The van der Waals surface area contributed by atoms with Crippen LogP contribution in [0.4, 0.5) is 0 Å². The Morgan fingerprint density at radius 3 is 1.25 bits per heavy atom. The van der Waals surface area contributed by atoms with Crippen molar-refractivity contribution in [3.05, 3.63) is 0 Å². The minimum atomic E-state index is -0.701. The molecular formula is HAlBr3+. The summed E-state index contributed by atoms with van der Waals surface area (Å²) in [5.41, 5.74) is 0. The first kappa shape index (κ1) is 5.97. The molecule has 0 rings (SSSR count). The van der Waals surface area contributed by atoms with Gasteiger partial charge in [-0.25, -0.2) is 0 Å². The van der Waals surface area contributed by atoms with E-state index >= 15 is 0 Å². The van der Waals surface area contributed by atoms with E-state index in [0.717, 1.165) is 0 Å². The highest BCUT2D eigenvalue weighted by atomic mass is 80.0. The van der Waals surface area contributed by atoms with Crippen molar-refractivity contribution in [2.45, 2.75) is 0 Å². The first-order chi connectivity index (χ1) is 1.73. The fourth-order valence-electron chi connectivity index (χ4n) is 0. The highest BCUT2D eigenvalue weighted by Gasteiger charge is 1.95. The fourth-order valence-corrected chi connectivity index (χ4v) is 0. The highest BCUT2D eigenvalue weighted by molar-refractivity contribution is 9.69. The zero-order valence-corrected chi connectivity index (χ0v) is 7.62. The highest BCUT2D eigenvalue weighted by Crippen LogP contribution is 2.07. The lowest BCUT2D eigenvalue weighted by atomic mass is 26.9. The number of halogens is 3. The monoisotopic (exact) mass is 265 g/mol. The van der Waals surface area contributed by atoms with E-state index in [-0.39, 0.29) is 1.43 Å². The maximum Gasteiger partial charge on any atom is 1.00 e. The van der Waals surface area contributed by atoms with Gasteiger partial charge in [-0.1, -0.05) is 0 Å². The topological polar surface area (TPSA) is 0 Å². The second kappa shape index (κ2) is 3.17. The van der Waals surface area contributed by atoms with Crippen LogP contribution < -0.4 is 0 Å². The van der Waals surface area contributed by atoms with Crippen molar-refractivity contribution in [3.8, 4) is 0 Å². The molecule has 4 heteroatoms. The molecule has 0 amide bonds. The van der Waals surface area contributed by atoms with E-state index in [9.17, 15) is 0 Å². The van der Waals surface area contributed by atoms with E-state index < -0.39 is 8.67 Å². The van der Waals surface area contributed by atoms with Gasteiger partial charge in [0.2, 0.25) is 0 Å². The number of hydrogen-bond acceptors (Lipinski definition) is 0. The van der Waals surface area contributed by atoms with E-state index in [1.54, 1.807) is 0 Å². The van der Waals surface area contributed by atoms with Crippen molar-refractivity contribution in [1.29, 1.82) is 0 Å². The molecule has 0 aromatic heterocycles. The average Bonchev–Trinajstić information content (AvgIpc) is 0.811. The largest absolute Gasteiger partial charge is 1.00 e. The summed E-state index contributed by atoms with van der Waals surface area (Å²) < 4.78 is 0. The molecule has 0 aromatic rings. The van der Waals surface area contributed by atoms with Crippen molar-refractivity contribution in [2.24, 2.45) is 0 Å². The van der Waals surface area contributed by atoms with Crippen LogP contribution in [0.15, 0.2) is 0 Å². The molecule has 4 heavy (non-hydrogen) atoms. The summed E-state index contributed by atoms with van der Waals surface area (Å²) in [7, 11) is -0.701. The van der Waals surface area contributed by atoms with Crippen LogP contribution in [0.5, 0.6) is 0 Å². The Balaban J connectivity index is 0. The molecule has 0 atom stereocenters. The second-order valence-corrected chi connectivity index (χ2v) is 20.0. The van der Waals surface area contributed by atoms with Gasteiger partial charge in [0, 0.05) is 0 Å². The van der Waals surface area contributed by atoms with Crippen molar-refractivity contribution in [3.63, 3.8) is 0 Å². The predicted molar refractivity (Wildman–Crippen MR) is 33.6 cm³/mol. The Kier molecular flexibility index (Phi) is 4.74. The average molecular weight is 268 g/mol. The lowest BCUT2D eigenvalue weighted by Gasteiger charge is -1.59. The quantitative estimate of drug-likeness (QED) is 0.591. The Bertz CT molecular complexity index is 11.6. The normalized spacial score (nSPS) is 6.75. The van der Waals surface area contributed by atoms with Crippen molar-refractivity contribution in [2.75, 3.05) is 0 Å². The molecule has 0 radical (unpaired) electrons. The molecule has 0 aromatic carbocycles. The molecule has 0 spiro atoms. The van der Waals surface area contributed by atoms with E-state index in [2.05, 4.69) is 42.2 Å². The lowest BCUT2D eigenvalue weighted by Crippen LogP contribution is -1.60. The van der Waals surface area contributed by atoms with Gasteiger partial charge in [-0.2, -0.15) is 42.2 Å². The molecule has 0 bridgehead atoms. The minimum absolute atomic E-state index is 0. The van der Waals surface area contributed by atoms with Crippen LogP contribution in [0.3, 0.4) is 0 Å². The van der Waals surface area contributed by atoms with Crippen LogP contribution in [-0.2, 0) is 0 Å². The molecule has 0 saturated carbocycles. The standard InChI is InChI=1S/Al.3BrH/h;3*1H/q+3;;;/p-2. The number of hydrogen-bond donors (Lipinski definition) is 0. The summed E-state index contributed by atoms with van der Waals surface area (Å²) in [6, 6.07) is 0. The molecule has 0 aliphatic heterocycles. The van der Waals surface area contributed by atoms with Gasteiger partial charge in [-0.05, 0) is 0 Å².